The average Bonchev–Trinajstić information content (AvgIpc) is 2.97. The van der Waals surface area contributed by atoms with E-state index in [1.54, 1.807) is 0 Å². The number of rotatable bonds is 9. The average molecular weight is 416 g/mol. The van der Waals surface area contributed by atoms with Gasteiger partial charge in [0.05, 0.1) is 18.3 Å². The molecule has 0 spiro atoms. The molecule has 0 saturated carbocycles. The van der Waals surface area contributed by atoms with Crippen LogP contribution in [0.25, 0.3) is 5.57 Å². The quantitative estimate of drug-likeness (QED) is 0.622. The molecule has 7 nitrogen and oxygen atoms in total. The lowest BCUT2D eigenvalue weighted by atomic mass is 10.0. The van der Waals surface area contributed by atoms with Crippen LogP contribution >= 0.6 is 0 Å². The van der Waals surface area contributed by atoms with Gasteiger partial charge in [0.1, 0.15) is 11.4 Å². The maximum Gasteiger partial charge on any atom is 0.277 e. The van der Waals surface area contributed by atoms with Crippen LogP contribution in [0.3, 0.4) is 0 Å². The summed E-state index contributed by atoms with van der Waals surface area (Å²) < 4.78 is 5.72. The molecule has 0 radical (unpaired) electrons. The highest BCUT2D eigenvalue weighted by molar-refractivity contribution is 6.35. The fourth-order valence-corrected chi connectivity index (χ4v) is 3.94. The van der Waals surface area contributed by atoms with Crippen molar-refractivity contribution in [1.29, 1.82) is 0 Å². The molecule has 3 rings (SSSR count). The number of unbranched alkanes of at least 4 members (excludes halogenated alkanes) is 1. The molecule has 30 heavy (non-hydrogen) atoms. The van der Waals surface area contributed by atoms with E-state index in [0.29, 0.717) is 37.4 Å². The minimum atomic E-state index is -0.209. The van der Waals surface area contributed by atoms with Gasteiger partial charge < -0.3 is 14.7 Å². The SMILES string of the molecule is CCCCN1C(=O)C(c2ccc(OC(C)C)cc2)=C(N2CCN(CCO)CC2)C1=O. The number of imide groups is 1. The Balaban J connectivity index is 1.91. The number of amides is 2. The Kier molecular flexibility index (Phi) is 7.50. The predicted octanol–water partition coefficient (Wildman–Crippen LogP) is 1.96. The second kappa shape index (κ2) is 10.1. The molecule has 2 amide bonds. The summed E-state index contributed by atoms with van der Waals surface area (Å²) in [6.07, 6.45) is 1.78. The zero-order chi connectivity index (χ0) is 21.7. The summed E-state index contributed by atoms with van der Waals surface area (Å²) in [6.45, 7) is 10.0. The summed E-state index contributed by atoms with van der Waals surface area (Å²) in [5.74, 6) is 0.341. The Hall–Kier alpha value is -2.38. The van der Waals surface area contributed by atoms with E-state index in [1.165, 1.54) is 4.90 Å². The van der Waals surface area contributed by atoms with E-state index in [9.17, 15) is 14.7 Å². The first-order valence-corrected chi connectivity index (χ1v) is 10.9. The van der Waals surface area contributed by atoms with E-state index in [2.05, 4.69) is 4.90 Å². The van der Waals surface area contributed by atoms with Gasteiger partial charge >= 0.3 is 0 Å². The number of ether oxygens (including phenoxy) is 1. The van der Waals surface area contributed by atoms with Crippen LogP contribution < -0.4 is 4.74 Å². The summed E-state index contributed by atoms with van der Waals surface area (Å²) >= 11 is 0. The first-order chi connectivity index (χ1) is 14.5. The number of aliphatic hydroxyl groups excluding tert-OH is 1. The lowest BCUT2D eigenvalue weighted by molar-refractivity contribution is -0.137. The standard InChI is InChI=1S/C23H33N3O4/c1-4-5-10-26-22(28)20(18-6-8-19(9-7-18)30-17(2)3)21(23(26)29)25-13-11-24(12-14-25)15-16-27/h6-9,17,27H,4-5,10-16H2,1-3H3. The van der Waals surface area contributed by atoms with Crippen molar-refractivity contribution in [3.8, 4) is 5.75 Å². The molecule has 2 aliphatic heterocycles. The Bertz CT molecular complexity index is 780. The number of piperazine rings is 1. The van der Waals surface area contributed by atoms with Crippen molar-refractivity contribution in [1.82, 2.24) is 14.7 Å². The minimum absolute atomic E-state index is 0.0695. The molecule has 7 heteroatoms. The van der Waals surface area contributed by atoms with Crippen LogP contribution in [0.2, 0.25) is 0 Å². The van der Waals surface area contributed by atoms with Gasteiger partial charge in [0, 0.05) is 39.3 Å². The molecular weight excluding hydrogens is 382 g/mol. The number of nitrogens with zero attached hydrogens (tertiary/aromatic N) is 3. The fourth-order valence-electron chi connectivity index (χ4n) is 3.94. The summed E-state index contributed by atoms with van der Waals surface area (Å²) in [5, 5.41) is 9.18. The third kappa shape index (κ3) is 4.84. The van der Waals surface area contributed by atoms with Crippen molar-refractivity contribution in [2.45, 2.75) is 39.7 Å². The first-order valence-electron chi connectivity index (χ1n) is 10.9. The number of hydrogen-bond acceptors (Lipinski definition) is 6. The number of carbonyl (C=O) groups excluding carboxylic acids is 2. The first kappa shape index (κ1) is 22.3. The number of hydrogen-bond donors (Lipinski definition) is 1. The highest BCUT2D eigenvalue weighted by atomic mass is 16.5. The molecule has 1 fully saturated rings. The van der Waals surface area contributed by atoms with Gasteiger partial charge in [-0.3, -0.25) is 19.4 Å². The van der Waals surface area contributed by atoms with E-state index in [-0.39, 0.29) is 24.5 Å². The van der Waals surface area contributed by atoms with Gasteiger partial charge in [0.15, 0.2) is 0 Å². The second-order valence-corrected chi connectivity index (χ2v) is 8.08. The molecule has 164 valence electrons. The maximum absolute atomic E-state index is 13.3. The zero-order valence-electron chi connectivity index (χ0n) is 18.3. The number of β-amino-alcohol motifs (C(OH)–C–C–N with tert-alkyl or cyclic N) is 1. The van der Waals surface area contributed by atoms with Gasteiger partial charge in [-0.1, -0.05) is 25.5 Å². The van der Waals surface area contributed by atoms with Crippen LogP contribution in [-0.2, 0) is 9.59 Å². The zero-order valence-corrected chi connectivity index (χ0v) is 18.3. The van der Waals surface area contributed by atoms with Crippen molar-refractivity contribution in [2.75, 3.05) is 45.9 Å². The van der Waals surface area contributed by atoms with Gasteiger partial charge in [0.2, 0.25) is 0 Å². The molecule has 1 saturated heterocycles. The normalized spacial score (nSPS) is 18.2. The predicted molar refractivity (Wildman–Crippen MR) is 116 cm³/mol. The van der Waals surface area contributed by atoms with E-state index < -0.39 is 0 Å². The second-order valence-electron chi connectivity index (χ2n) is 8.08. The molecular formula is C23H33N3O4. The Morgan fingerprint density at radius 3 is 2.23 bits per heavy atom. The summed E-state index contributed by atoms with van der Waals surface area (Å²) in [7, 11) is 0. The Morgan fingerprint density at radius 1 is 1.00 bits per heavy atom. The lowest BCUT2D eigenvalue weighted by Crippen LogP contribution is -2.48. The molecule has 0 atom stereocenters. The summed E-state index contributed by atoms with van der Waals surface area (Å²) in [5.41, 5.74) is 1.75. The van der Waals surface area contributed by atoms with Crippen molar-refractivity contribution in [2.24, 2.45) is 0 Å². The van der Waals surface area contributed by atoms with Crippen LogP contribution in [0.4, 0.5) is 0 Å². The number of benzene rings is 1. The molecule has 0 aromatic heterocycles. The topological polar surface area (TPSA) is 73.3 Å². The summed E-state index contributed by atoms with van der Waals surface area (Å²) in [6, 6.07) is 7.43. The van der Waals surface area contributed by atoms with Crippen molar-refractivity contribution in [3.63, 3.8) is 0 Å². The van der Waals surface area contributed by atoms with Gasteiger partial charge in [-0.15, -0.1) is 0 Å². The Labute approximate surface area is 178 Å². The van der Waals surface area contributed by atoms with Gasteiger partial charge in [-0.2, -0.15) is 0 Å². The highest BCUT2D eigenvalue weighted by Gasteiger charge is 2.41. The molecule has 1 aromatic rings. The molecule has 0 aliphatic carbocycles. The highest BCUT2D eigenvalue weighted by Crippen LogP contribution is 2.33. The smallest absolute Gasteiger partial charge is 0.277 e. The third-order valence-corrected chi connectivity index (χ3v) is 5.50. The maximum atomic E-state index is 13.3. The lowest BCUT2D eigenvalue weighted by Gasteiger charge is -2.36. The van der Waals surface area contributed by atoms with Crippen molar-refractivity contribution in [3.05, 3.63) is 35.5 Å². The van der Waals surface area contributed by atoms with Gasteiger partial charge in [-0.25, -0.2) is 0 Å². The molecule has 1 N–H and O–H groups in total. The van der Waals surface area contributed by atoms with Crippen LogP contribution in [0.1, 0.15) is 39.2 Å². The fraction of sp³-hybridized carbons (Fsp3) is 0.565. The van der Waals surface area contributed by atoms with Crippen molar-refractivity contribution >= 4 is 17.4 Å². The monoisotopic (exact) mass is 415 g/mol. The van der Waals surface area contributed by atoms with E-state index >= 15 is 0 Å². The number of aliphatic hydroxyl groups is 1. The van der Waals surface area contributed by atoms with Gasteiger partial charge in [-0.05, 0) is 38.0 Å². The summed E-state index contributed by atoms with van der Waals surface area (Å²) in [4.78, 5) is 32.1. The van der Waals surface area contributed by atoms with E-state index in [4.69, 9.17) is 4.74 Å². The minimum Gasteiger partial charge on any atom is -0.491 e. The van der Waals surface area contributed by atoms with E-state index in [1.807, 2.05) is 49.9 Å². The molecule has 2 heterocycles. The van der Waals surface area contributed by atoms with Gasteiger partial charge in [0.25, 0.3) is 11.8 Å². The molecule has 0 bridgehead atoms. The third-order valence-electron chi connectivity index (χ3n) is 5.50. The van der Waals surface area contributed by atoms with Crippen LogP contribution in [-0.4, -0.2) is 83.6 Å². The molecule has 0 unspecified atom stereocenters. The van der Waals surface area contributed by atoms with Crippen molar-refractivity contribution < 1.29 is 19.4 Å². The van der Waals surface area contributed by atoms with Crippen LogP contribution in [0.15, 0.2) is 30.0 Å². The van der Waals surface area contributed by atoms with E-state index in [0.717, 1.165) is 37.2 Å². The number of carbonyl (C=O) groups is 2. The molecule has 2 aliphatic rings. The van der Waals surface area contributed by atoms with Crippen LogP contribution in [0.5, 0.6) is 5.75 Å². The largest absolute Gasteiger partial charge is 0.491 e. The molecule has 1 aromatic carbocycles. The van der Waals surface area contributed by atoms with Crippen LogP contribution in [0, 0.1) is 0 Å². The Morgan fingerprint density at radius 2 is 1.67 bits per heavy atom.